The predicted molar refractivity (Wildman–Crippen MR) is 69.4 cm³/mol. The van der Waals surface area contributed by atoms with Gasteiger partial charge in [0, 0.05) is 0 Å². The van der Waals surface area contributed by atoms with E-state index in [2.05, 4.69) is 5.32 Å². The van der Waals surface area contributed by atoms with Crippen molar-refractivity contribution >= 4 is 6.09 Å². The first-order valence-electron chi connectivity index (χ1n) is 6.37. The molecule has 1 aliphatic rings. The summed E-state index contributed by atoms with van der Waals surface area (Å²) in [6.07, 6.45) is -6.57. The predicted octanol–water partition coefficient (Wildman–Crippen LogP) is -1.43. The van der Waals surface area contributed by atoms with Gasteiger partial charge in [-0.25, -0.2) is 4.79 Å². The van der Waals surface area contributed by atoms with Crippen LogP contribution < -0.4 is 10.1 Å². The highest BCUT2D eigenvalue weighted by atomic mass is 16.6. The zero-order chi connectivity index (χ0) is 15.4. The van der Waals surface area contributed by atoms with E-state index in [9.17, 15) is 20.1 Å². The van der Waals surface area contributed by atoms with E-state index in [-0.39, 0.29) is 5.75 Å². The largest absolute Gasteiger partial charge is 0.413 e. The van der Waals surface area contributed by atoms with E-state index in [0.29, 0.717) is 0 Å². The first-order chi connectivity index (χ1) is 10.0. The topological polar surface area (TPSA) is 128 Å². The molecule has 5 N–H and O–H groups in total. The number of carbonyl (C=O) groups is 1. The second kappa shape index (κ2) is 6.83. The van der Waals surface area contributed by atoms with Gasteiger partial charge in [-0.3, -0.25) is 0 Å². The molecular weight excluding hydrogens is 282 g/mol. The highest BCUT2D eigenvalue weighted by molar-refractivity contribution is 5.70. The molecule has 2 rings (SSSR count). The number of hydrogen-bond acceptors (Lipinski definition) is 7. The number of ether oxygens (including phenoxy) is 2. The van der Waals surface area contributed by atoms with E-state index in [1.54, 1.807) is 30.3 Å². The average molecular weight is 299 g/mol. The van der Waals surface area contributed by atoms with Crippen molar-refractivity contribution in [2.45, 2.75) is 30.6 Å². The summed E-state index contributed by atoms with van der Waals surface area (Å²) in [5, 5.41) is 40.4. The highest BCUT2D eigenvalue weighted by Gasteiger charge is 2.44. The fourth-order valence-electron chi connectivity index (χ4n) is 2.01. The van der Waals surface area contributed by atoms with Crippen LogP contribution in [0.15, 0.2) is 30.3 Å². The maximum absolute atomic E-state index is 11.7. The molecule has 5 atom stereocenters. The smallest absolute Gasteiger partial charge is 0.410 e. The van der Waals surface area contributed by atoms with Crippen LogP contribution in [0.2, 0.25) is 0 Å². The second-order valence-corrected chi connectivity index (χ2v) is 4.60. The summed E-state index contributed by atoms with van der Waals surface area (Å²) in [7, 11) is 0. The van der Waals surface area contributed by atoms with E-state index in [1.807, 2.05) is 0 Å². The zero-order valence-corrected chi connectivity index (χ0v) is 11.0. The monoisotopic (exact) mass is 299 g/mol. The molecule has 1 aliphatic heterocycles. The number of nitrogens with one attached hydrogen (secondary N) is 1. The Bertz CT molecular complexity index is 469. The summed E-state index contributed by atoms with van der Waals surface area (Å²) in [5.41, 5.74) is 0. The third-order valence-corrected chi connectivity index (χ3v) is 3.14. The first kappa shape index (κ1) is 15.7. The van der Waals surface area contributed by atoms with Crippen LogP contribution in [0.4, 0.5) is 4.79 Å². The number of amides is 1. The number of carbonyl (C=O) groups excluding carboxylic acids is 1. The molecule has 1 amide bonds. The molecule has 0 radical (unpaired) electrons. The van der Waals surface area contributed by atoms with Gasteiger partial charge in [0.25, 0.3) is 0 Å². The molecule has 1 fully saturated rings. The number of para-hydroxylation sites is 1. The molecule has 5 unspecified atom stereocenters. The lowest BCUT2D eigenvalue weighted by atomic mass is 9.97. The third kappa shape index (κ3) is 3.69. The van der Waals surface area contributed by atoms with Crippen LogP contribution in [-0.4, -0.2) is 63.8 Å². The van der Waals surface area contributed by atoms with Crippen LogP contribution in [0, 0.1) is 0 Å². The van der Waals surface area contributed by atoms with E-state index in [1.165, 1.54) is 0 Å². The first-order valence-corrected chi connectivity index (χ1v) is 6.37. The number of aliphatic hydroxyl groups is 4. The molecule has 116 valence electrons. The van der Waals surface area contributed by atoms with Crippen molar-refractivity contribution in [2.24, 2.45) is 0 Å². The molecule has 1 aromatic carbocycles. The molecule has 0 bridgehead atoms. The van der Waals surface area contributed by atoms with Gasteiger partial charge in [0.1, 0.15) is 30.1 Å². The lowest BCUT2D eigenvalue weighted by molar-refractivity contribution is -0.252. The fourth-order valence-corrected chi connectivity index (χ4v) is 2.01. The van der Waals surface area contributed by atoms with Crippen molar-refractivity contribution in [1.82, 2.24) is 5.32 Å². The molecule has 1 saturated heterocycles. The molecule has 0 aromatic heterocycles. The standard InChI is InChI=1S/C13H17NO7/c15-6-8-10(16)11(17)9(12(18)21-8)14-13(19)20-7-4-2-1-3-5-7/h1-5,8-12,15-18H,6H2,(H,14,19). The molecule has 1 heterocycles. The summed E-state index contributed by atoms with van der Waals surface area (Å²) in [6.45, 7) is -0.573. The van der Waals surface area contributed by atoms with Gasteiger partial charge in [-0.1, -0.05) is 18.2 Å². The quantitative estimate of drug-likeness (QED) is 0.463. The average Bonchev–Trinajstić information content (AvgIpc) is 2.48. The summed E-state index contributed by atoms with van der Waals surface area (Å²) in [6, 6.07) is 6.93. The summed E-state index contributed by atoms with van der Waals surface area (Å²) < 4.78 is 9.85. The Morgan fingerprint density at radius 2 is 1.86 bits per heavy atom. The Hall–Kier alpha value is -1.71. The Kier molecular flexibility index (Phi) is 5.10. The lowest BCUT2D eigenvalue weighted by Crippen LogP contribution is -2.64. The van der Waals surface area contributed by atoms with Gasteiger partial charge < -0.3 is 35.2 Å². The number of hydrogen-bond donors (Lipinski definition) is 5. The van der Waals surface area contributed by atoms with E-state index in [4.69, 9.17) is 14.6 Å². The minimum Gasteiger partial charge on any atom is -0.410 e. The van der Waals surface area contributed by atoms with E-state index in [0.717, 1.165) is 0 Å². The van der Waals surface area contributed by atoms with Crippen molar-refractivity contribution in [2.75, 3.05) is 6.61 Å². The molecule has 0 saturated carbocycles. The van der Waals surface area contributed by atoms with Gasteiger partial charge in [0.15, 0.2) is 6.29 Å². The van der Waals surface area contributed by atoms with Crippen molar-refractivity contribution in [3.8, 4) is 5.75 Å². The van der Waals surface area contributed by atoms with Gasteiger partial charge in [-0.05, 0) is 12.1 Å². The highest BCUT2D eigenvalue weighted by Crippen LogP contribution is 2.20. The van der Waals surface area contributed by atoms with Crippen molar-refractivity contribution in [3.63, 3.8) is 0 Å². The number of aliphatic hydroxyl groups excluding tert-OH is 4. The minimum absolute atomic E-state index is 0.282. The molecule has 0 spiro atoms. The third-order valence-electron chi connectivity index (χ3n) is 3.14. The normalized spacial score (nSPS) is 32.5. The molecule has 8 nitrogen and oxygen atoms in total. The van der Waals surface area contributed by atoms with Crippen LogP contribution in [-0.2, 0) is 4.74 Å². The fraction of sp³-hybridized carbons (Fsp3) is 0.462. The SMILES string of the molecule is O=C(NC1C(O)OC(CO)C(O)C1O)Oc1ccccc1. The summed E-state index contributed by atoms with van der Waals surface area (Å²) >= 11 is 0. The van der Waals surface area contributed by atoms with Crippen LogP contribution in [0.5, 0.6) is 5.75 Å². The second-order valence-electron chi connectivity index (χ2n) is 4.60. The molecule has 21 heavy (non-hydrogen) atoms. The van der Waals surface area contributed by atoms with Crippen LogP contribution in [0.1, 0.15) is 0 Å². The zero-order valence-electron chi connectivity index (χ0n) is 11.0. The molecule has 0 aliphatic carbocycles. The van der Waals surface area contributed by atoms with E-state index < -0.39 is 43.3 Å². The van der Waals surface area contributed by atoms with Gasteiger partial charge in [0.2, 0.25) is 0 Å². The van der Waals surface area contributed by atoms with Crippen LogP contribution >= 0.6 is 0 Å². The number of rotatable bonds is 3. The van der Waals surface area contributed by atoms with Gasteiger partial charge >= 0.3 is 6.09 Å². The van der Waals surface area contributed by atoms with Crippen LogP contribution in [0.3, 0.4) is 0 Å². The maximum Gasteiger partial charge on any atom is 0.413 e. The van der Waals surface area contributed by atoms with Gasteiger partial charge in [-0.15, -0.1) is 0 Å². The van der Waals surface area contributed by atoms with Crippen molar-refractivity contribution < 1.29 is 34.7 Å². The van der Waals surface area contributed by atoms with Gasteiger partial charge in [-0.2, -0.15) is 0 Å². The maximum atomic E-state index is 11.7. The van der Waals surface area contributed by atoms with E-state index >= 15 is 0 Å². The van der Waals surface area contributed by atoms with Crippen molar-refractivity contribution in [3.05, 3.63) is 30.3 Å². The Balaban J connectivity index is 1.96. The van der Waals surface area contributed by atoms with Crippen molar-refractivity contribution in [1.29, 1.82) is 0 Å². The Labute approximate surface area is 120 Å². The number of benzene rings is 1. The Morgan fingerprint density at radius 1 is 1.19 bits per heavy atom. The summed E-state index contributed by atoms with van der Waals surface area (Å²) in [4.78, 5) is 11.7. The molecule has 8 heteroatoms. The molecule has 1 aromatic rings. The lowest BCUT2D eigenvalue weighted by Gasteiger charge is -2.39. The minimum atomic E-state index is -1.58. The van der Waals surface area contributed by atoms with Crippen LogP contribution in [0.25, 0.3) is 0 Å². The summed E-state index contributed by atoms with van der Waals surface area (Å²) in [5.74, 6) is 0.282. The van der Waals surface area contributed by atoms with Gasteiger partial charge in [0.05, 0.1) is 6.61 Å². The Morgan fingerprint density at radius 3 is 2.48 bits per heavy atom. The molecular formula is C13H17NO7.